The highest BCUT2D eigenvalue weighted by atomic mass is 16.5. The van der Waals surface area contributed by atoms with Crippen LogP contribution in [0.3, 0.4) is 0 Å². The van der Waals surface area contributed by atoms with Gasteiger partial charge < -0.3 is 10.1 Å². The predicted molar refractivity (Wildman–Crippen MR) is 52.2 cm³/mol. The largest absolute Gasteiger partial charge is 0.453 e. The molecule has 15 heavy (non-hydrogen) atoms. The molecule has 0 aliphatic carbocycles. The lowest BCUT2D eigenvalue weighted by atomic mass is 10.2. The van der Waals surface area contributed by atoms with Gasteiger partial charge in [0.25, 0.3) is 0 Å². The van der Waals surface area contributed by atoms with Crippen LogP contribution >= 0.6 is 0 Å². The lowest BCUT2D eigenvalue weighted by molar-refractivity contribution is -0.119. The van der Waals surface area contributed by atoms with E-state index >= 15 is 0 Å². The van der Waals surface area contributed by atoms with Crippen LogP contribution < -0.4 is 5.32 Å². The lowest BCUT2D eigenvalue weighted by Gasteiger charge is -2.14. The second-order valence-corrected chi connectivity index (χ2v) is 3.03. The molecule has 1 heterocycles. The topological polar surface area (TPSA) is 73.2 Å². The van der Waals surface area contributed by atoms with E-state index in [2.05, 4.69) is 15.2 Å². The van der Waals surface area contributed by atoms with Crippen molar-refractivity contribution in [2.75, 3.05) is 7.11 Å². The van der Waals surface area contributed by atoms with E-state index in [1.165, 1.54) is 14.0 Å². The van der Waals surface area contributed by atoms with Gasteiger partial charge in [0.15, 0.2) is 5.78 Å². The minimum atomic E-state index is -0.623. The number of Topliss-reactive ketones (excluding diaryl/α,β-unsaturated/α-hetero) is 1. The fourth-order valence-electron chi connectivity index (χ4n) is 1.07. The normalized spacial score (nSPS) is 11.9. The first-order valence-electron chi connectivity index (χ1n) is 4.46. The van der Waals surface area contributed by atoms with E-state index < -0.39 is 12.1 Å². The van der Waals surface area contributed by atoms with Crippen LogP contribution in [0.5, 0.6) is 0 Å². The molecule has 0 aromatic carbocycles. The van der Waals surface area contributed by atoms with E-state index in [9.17, 15) is 9.59 Å². The summed E-state index contributed by atoms with van der Waals surface area (Å²) in [6, 6.07) is 1.13. The second kappa shape index (κ2) is 5.14. The smallest absolute Gasteiger partial charge is 0.407 e. The van der Waals surface area contributed by atoms with Crippen molar-refractivity contribution in [3.8, 4) is 0 Å². The number of carbonyl (C=O) groups is 2. The van der Waals surface area contributed by atoms with Crippen LogP contribution in [0, 0.1) is 0 Å². The van der Waals surface area contributed by atoms with Crippen molar-refractivity contribution >= 4 is 11.9 Å². The van der Waals surface area contributed by atoms with Crippen LogP contribution in [-0.2, 0) is 16.1 Å². The average Bonchev–Trinajstić information content (AvgIpc) is 2.69. The number of amides is 1. The minimum absolute atomic E-state index is 0.143. The molecule has 0 saturated heterocycles. The van der Waals surface area contributed by atoms with Crippen LogP contribution in [0.1, 0.15) is 6.92 Å². The Hall–Kier alpha value is -1.85. The van der Waals surface area contributed by atoms with Gasteiger partial charge in [0.2, 0.25) is 0 Å². The standard InChI is InChI=1S/C9H13N3O3/c1-7(13)8(11-9(14)15-2)6-12-5-3-4-10-12/h3-5,8H,6H2,1-2H3,(H,11,14)/t8-/m0/s1. The van der Waals surface area contributed by atoms with Crippen molar-refractivity contribution in [2.45, 2.75) is 19.5 Å². The SMILES string of the molecule is COC(=O)N[C@@H](Cn1cccn1)C(C)=O. The van der Waals surface area contributed by atoms with Crippen molar-refractivity contribution in [3.63, 3.8) is 0 Å². The second-order valence-electron chi connectivity index (χ2n) is 3.03. The van der Waals surface area contributed by atoms with Gasteiger partial charge in [-0.1, -0.05) is 0 Å². The van der Waals surface area contributed by atoms with Crippen LogP contribution in [-0.4, -0.2) is 34.8 Å². The monoisotopic (exact) mass is 211 g/mol. The fraction of sp³-hybridized carbons (Fsp3) is 0.444. The van der Waals surface area contributed by atoms with Crippen LogP contribution in [0.25, 0.3) is 0 Å². The number of rotatable bonds is 4. The number of ether oxygens (including phenoxy) is 1. The molecular formula is C9H13N3O3. The first-order chi connectivity index (χ1) is 7.13. The number of carbonyl (C=O) groups excluding carboxylic acids is 2. The Morgan fingerprint density at radius 3 is 2.80 bits per heavy atom. The summed E-state index contributed by atoms with van der Waals surface area (Å²) in [6.07, 6.45) is 2.70. The number of methoxy groups -OCH3 is 1. The first kappa shape index (κ1) is 11.2. The van der Waals surface area contributed by atoms with Gasteiger partial charge in [0.1, 0.15) is 6.04 Å². The van der Waals surface area contributed by atoms with Crippen LogP contribution in [0.15, 0.2) is 18.5 Å². The van der Waals surface area contributed by atoms with Gasteiger partial charge in [-0.05, 0) is 13.0 Å². The molecule has 0 saturated carbocycles. The van der Waals surface area contributed by atoms with Crippen molar-refractivity contribution in [3.05, 3.63) is 18.5 Å². The molecule has 0 spiro atoms. The summed E-state index contributed by atoms with van der Waals surface area (Å²) in [7, 11) is 1.25. The van der Waals surface area contributed by atoms with Crippen molar-refractivity contribution in [1.82, 2.24) is 15.1 Å². The Morgan fingerprint density at radius 1 is 1.60 bits per heavy atom. The molecule has 0 unspecified atom stereocenters. The Morgan fingerprint density at radius 2 is 2.33 bits per heavy atom. The lowest BCUT2D eigenvalue weighted by Crippen LogP contribution is -2.42. The molecule has 1 N–H and O–H groups in total. The quantitative estimate of drug-likeness (QED) is 0.772. The Bertz CT molecular complexity index is 334. The summed E-state index contributed by atoms with van der Waals surface area (Å²) < 4.78 is 5.99. The number of hydrogen-bond donors (Lipinski definition) is 1. The molecule has 6 heteroatoms. The third kappa shape index (κ3) is 3.41. The van der Waals surface area contributed by atoms with Gasteiger partial charge in [-0.3, -0.25) is 9.48 Å². The number of ketones is 1. The summed E-state index contributed by atoms with van der Waals surface area (Å²) in [5.74, 6) is -0.143. The van der Waals surface area contributed by atoms with Crippen molar-refractivity contribution in [2.24, 2.45) is 0 Å². The molecule has 0 aliphatic rings. The molecule has 6 nitrogen and oxygen atoms in total. The molecule has 1 amide bonds. The molecule has 1 aromatic heterocycles. The van der Waals surface area contributed by atoms with E-state index in [0.29, 0.717) is 6.54 Å². The highest BCUT2D eigenvalue weighted by Gasteiger charge is 2.17. The molecule has 0 fully saturated rings. The van der Waals surface area contributed by atoms with Crippen LogP contribution in [0.2, 0.25) is 0 Å². The third-order valence-electron chi connectivity index (χ3n) is 1.90. The zero-order chi connectivity index (χ0) is 11.3. The molecule has 0 aliphatic heterocycles. The van der Waals surface area contributed by atoms with Gasteiger partial charge in [0, 0.05) is 12.4 Å². The maximum Gasteiger partial charge on any atom is 0.407 e. The van der Waals surface area contributed by atoms with E-state index in [4.69, 9.17) is 0 Å². The zero-order valence-corrected chi connectivity index (χ0v) is 8.64. The van der Waals surface area contributed by atoms with E-state index in [-0.39, 0.29) is 5.78 Å². The summed E-state index contributed by atoms with van der Waals surface area (Å²) in [6.45, 7) is 1.71. The van der Waals surface area contributed by atoms with Gasteiger partial charge in [0.05, 0.1) is 13.7 Å². The van der Waals surface area contributed by atoms with Gasteiger partial charge in [-0.2, -0.15) is 5.10 Å². The minimum Gasteiger partial charge on any atom is -0.453 e. The number of nitrogens with one attached hydrogen (secondary N) is 1. The molecular weight excluding hydrogens is 198 g/mol. The highest BCUT2D eigenvalue weighted by molar-refractivity contribution is 5.85. The van der Waals surface area contributed by atoms with E-state index in [1.807, 2.05) is 0 Å². The average molecular weight is 211 g/mol. The first-order valence-corrected chi connectivity index (χ1v) is 4.46. The maximum atomic E-state index is 11.2. The predicted octanol–water partition coefficient (Wildman–Crippen LogP) is 0.197. The number of alkyl carbamates (subject to hydrolysis) is 1. The molecule has 1 rings (SSSR count). The molecule has 0 bridgehead atoms. The van der Waals surface area contributed by atoms with Crippen molar-refractivity contribution in [1.29, 1.82) is 0 Å². The Labute approximate surface area is 87.2 Å². The number of aromatic nitrogens is 2. The van der Waals surface area contributed by atoms with Crippen molar-refractivity contribution < 1.29 is 14.3 Å². The number of nitrogens with zero attached hydrogens (tertiary/aromatic N) is 2. The summed E-state index contributed by atoms with van der Waals surface area (Å²) in [4.78, 5) is 22.2. The highest BCUT2D eigenvalue weighted by Crippen LogP contribution is 1.94. The van der Waals surface area contributed by atoms with Gasteiger partial charge in [-0.25, -0.2) is 4.79 Å². The molecule has 1 atom stereocenters. The third-order valence-corrected chi connectivity index (χ3v) is 1.90. The fourth-order valence-corrected chi connectivity index (χ4v) is 1.07. The summed E-state index contributed by atoms with van der Waals surface area (Å²) in [5.41, 5.74) is 0. The molecule has 1 aromatic rings. The Kier molecular flexibility index (Phi) is 3.84. The van der Waals surface area contributed by atoms with Gasteiger partial charge >= 0.3 is 6.09 Å². The molecule has 82 valence electrons. The summed E-state index contributed by atoms with van der Waals surface area (Å²) >= 11 is 0. The van der Waals surface area contributed by atoms with Gasteiger partial charge in [-0.15, -0.1) is 0 Å². The maximum absolute atomic E-state index is 11.2. The molecule has 0 radical (unpaired) electrons. The van der Waals surface area contributed by atoms with E-state index in [0.717, 1.165) is 0 Å². The number of hydrogen-bond acceptors (Lipinski definition) is 4. The Balaban J connectivity index is 2.59. The van der Waals surface area contributed by atoms with Crippen LogP contribution in [0.4, 0.5) is 4.79 Å². The summed E-state index contributed by atoms with van der Waals surface area (Å²) in [5, 5.41) is 6.38. The zero-order valence-electron chi connectivity index (χ0n) is 8.64. The van der Waals surface area contributed by atoms with E-state index in [1.54, 1.807) is 23.1 Å².